The Morgan fingerprint density at radius 1 is 1.03 bits per heavy atom. The third kappa shape index (κ3) is 4.17. The lowest BCUT2D eigenvalue weighted by molar-refractivity contribution is 0.0996. The smallest absolute Gasteiger partial charge is 0.296 e. The quantitative estimate of drug-likeness (QED) is 0.252. The highest BCUT2D eigenvalue weighted by atomic mass is 79.9. The first-order valence-electron chi connectivity index (χ1n) is 10.8. The van der Waals surface area contributed by atoms with Crippen molar-refractivity contribution in [3.05, 3.63) is 82.3 Å². The van der Waals surface area contributed by atoms with Gasteiger partial charge < -0.3 is 14.4 Å². The number of hydrogen-bond donors (Lipinski definition) is 1. The Morgan fingerprint density at radius 2 is 1.80 bits per heavy atom. The number of methoxy groups -OCH3 is 1. The Bertz CT molecular complexity index is 1640. The number of halogens is 1. The van der Waals surface area contributed by atoms with E-state index in [4.69, 9.17) is 9.72 Å². The molecule has 2 heterocycles. The number of aromatic nitrogens is 2. The molecule has 0 saturated heterocycles. The van der Waals surface area contributed by atoms with Crippen molar-refractivity contribution >= 4 is 49.3 Å². The molecule has 0 spiro atoms. The topological polar surface area (TPSA) is 89.1 Å². The predicted molar refractivity (Wildman–Crippen MR) is 140 cm³/mol. The highest BCUT2D eigenvalue weighted by molar-refractivity contribution is 9.10. The van der Waals surface area contributed by atoms with Crippen LogP contribution in [0.3, 0.4) is 0 Å². The van der Waals surface area contributed by atoms with Gasteiger partial charge in [-0.05, 0) is 55.5 Å². The number of aryl methyl sites for hydroxylation is 2. The standard InChI is InChI=1S/C27H21BrN4O3/c1-15-4-11-24-21(12-15)25(27(34)32(24)2)30-31-26(33)20-14-23(16-5-7-17(28)8-6-16)29-22-10-9-18(35-3)13-19(20)22/h4-14,34H,1-3H3. The molecule has 35 heavy (non-hydrogen) atoms. The summed E-state index contributed by atoms with van der Waals surface area (Å²) in [5.74, 6) is -0.00381. The normalized spacial score (nSPS) is 11.5. The van der Waals surface area contributed by atoms with E-state index in [2.05, 4.69) is 26.2 Å². The van der Waals surface area contributed by atoms with Crippen LogP contribution < -0.4 is 4.74 Å². The number of carbonyl (C=O) groups is 1. The van der Waals surface area contributed by atoms with Gasteiger partial charge in [0.15, 0.2) is 5.69 Å². The molecule has 0 unspecified atom stereocenters. The molecular formula is C27H21BrN4O3. The maximum atomic E-state index is 13.4. The molecule has 0 atom stereocenters. The van der Waals surface area contributed by atoms with Gasteiger partial charge in [0.05, 0.1) is 29.4 Å². The molecule has 8 heteroatoms. The van der Waals surface area contributed by atoms with Gasteiger partial charge in [-0.2, -0.15) is 0 Å². The van der Waals surface area contributed by atoms with E-state index in [1.54, 1.807) is 36.9 Å². The molecule has 0 aliphatic carbocycles. The molecule has 2 aromatic heterocycles. The molecule has 1 N–H and O–H groups in total. The number of hydrogen-bond acceptors (Lipinski definition) is 5. The monoisotopic (exact) mass is 528 g/mol. The summed E-state index contributed by atoms with van der Waals surface area (Å²) >= 11 is 3.45. The summed E-state index contributed by atoms with van der Waals surface area (Å²) in [6, 6.07) is 20.5. The number of carbonyl (C=O) groups excluding carboxylic acids is 1. The van der Waals surface area contributed by atoms with Crippen LogP contribution in [0.2, 0.25) is 0 Å². The largest absolute Gasteiger partial charge is 0.497 e. The van der Waals surface area contributed by atoms with Crippen LogP contribution in [0.25, 0.3) is 33.1 Å². The third-order valence-corrected chi connectivity index (χ3v) is 6.45. The lowest BCUT2D eigenvalue weighted by atomic mass is 10.0. The summed E-state index contributed by atoms with van der Waals surface area (Å²) in [6.07, 6.45) is 0. The van der Waals surface area contributed by atoms with Crippen LogP contribution in [-0.4, -0.2) is 27.7 Å². The van der Waals surface area contributed by atoms with E-state index in [0.29, 0.717) is 27.9 Å². The fourth-order valence-corrected chi connectivity index (χ4v) is 4.31. The van der Waals surface area contributed by atoms with E-state index < -0.39 is 5.91 Å². The van der Waals surface area contributed by atoms with Crippen molar-refractivity contribution in [2.75, 3.05) is 7.11 Å². The van der Waals surface area contributed by atoms with Crippen molar-refractivity contribution in [2.24, 2.45) is 17.3 Å². The third-order valence-electron chi connectivity index (χ3n) is 5.93. The van der Waals surface area contributed by atoms with Crippen LogP contribution in [-0.2, 0) is 7.05 Å². The average molecular weight is 529 g/mol. The van der Waals surface area contributed by atoms with Gasteiger partial charge in [0.25, 0.3) is 5.91 Å². The number of benzene rings is 3. The number of rotatable bonds is 4. The van der Waals surface area contributed by atoms with Crippen LogP contribution in [0.1, 0.15) is 15.9 Å². The predicted octanol–water partition coefficient (Wildman–Crippen LogP) is 7.10. The van der Waals surface area contributed by atoms with Gasteiger partial charge >= 0.3 is 0 Å². The van der Waals surface area contributed by atoms with E-state index in [1.165, 1.54) is 0 Å². The summed E-state index contributed by atoms with van der Waals surface area (Å²) in [4.78, 5) is 18.1. The Hall–Kier alpha value is -4.04. The van der Waals surface area contributed by atoms with E-state index in [1.807, 2.05) is 55.5 Å². The molecule has 3 aromatic carbocycles. The molecular weight excluding hydrogens is 508 g/mol. The minimum Gasteiger partial charge on any atom is -0.497 e. The van der Waals surface area contributed by atoms with Gasteiger partial charge in [-0.3, -0.25) is 4.79 Å². The Morgan fingerprint density at radius 3 is 2.54 bits per heavy atom. The fourth-order valence-electron chi connectivity index (χ4n) is 4.05. The second-order valence-electron chi connectivity index (χ2n) is 8.20. The molecule has 0 aliphatic rings. The Labute approximate surface area is 209 Å². The maximum absolute atomic E-state index is 13.4. The zero-order valence-corrected chi connectivity index (χ0v) is 20.9. The maximum Gasteiger partial charge on any atom is 0.296 e. The Kier molecular flexibility index (Phi) is 5.82. The first-order chi connectivity index (χ1) is 16.9. The summed E-state index contributed by atoms with van der Waals surface area (Å²) in [7, 11) is 3.30. The highest BCUT2D eigenvalue weighted by Gasteiger charge is 2.18. The minimum absolute atomic E-state index is 0.0565. The molecule has 0 bridgehead atoms. The van der Waals surface area contributed by atoms with Crippen molar-refractivity contribution in [1.29, 1.82) is 0 Å². The van der Waals surface area contributed by atoms with E-state index in [-0.39, 0.29) is 11.6 Å². The average Bonchev–Trinajstić information content (AvgIpc) is 3.10. The molecule has 1 amide bonds. The SMILES string of the molecule is COc1ccc2nc(-c3ccc(Br)cc3)cc(C(=O)N=Nc3c(O)n(C)c4ccc(C)cc34)c2c1. The van der Waals surface area contributed by atoms with Crippen LogP contribution in [0.4, 0.5) is 5.69 Å². The first-order valence-corrected chi connectivity index (χ1v) is 11.6. The van der Waals surface area contributed by atoms with Crippen LogP contribution in [0.15, 0.2) is 81.4 Å². The minimum atomic E-state index is -0.548. The lowest BCUT2D eigenvalue weighted by Gasteiger charge is -2.09. The van der Waals surface area contributed by atoms with E-state index >= 15 is 0 Å². The summed E-state index contributed by atoms with van der Waals surface area (Å²) in [5.41, 5.74) is 4.53. The molecule has 5 aromatic rings. The number of azo groups is 1. The summed E-state index contributed by atoms with van der Waals surface area (Å²) in [6.45, 7) is 1.95. The number of ether oxygens (including phenoxy) is 1. The second-order valence-corrected chi connectivity index (χ2v) is 9.12. The summed E-state index contributed by atoms with van der Waals surface area (Å²) in [5, 5.41) is 20.1. The number of nitrogens with zero attached hydrogens (tertiary/aromatic N) is 4. The van der Waals surface area contributed by atoms with Crippen molar-refractivity contribution in [1.82, 2.24) is 9.55 Å². The van der Waals surface area contributed by atoms with Gasteiger partial charge in [-0.15, -0.1) is 10.2 Å². The first kappa shape index (κ1) is 22.7. The van der Waals surface area contributed by atoms with Gasteiger partial charge in [0.2, 0.25) is 5.88 Å². The van der Waals surface area contributed by atoms with Gasteiger partial charge in [0.1, 0.15) is 5.75 Å². The van der Waals surface area contributed by atoms with E-state index in [9.17, 15) is 9.90 Å². The zero-order valence-electron chi connectivity index (χ0n) is 19.3. The molecule has 7 nitrogen and oxygen atoms in total. The highest BCUT2D eigenvalue weighted by Crippen LogP contribution is 2.38. The van der Waals surface area contributed by atoms with Crippen molar-refractivity contribution in [2.45, 2.75) is 6.92 Å². The number of pyridine rings is 1. The van der Waals surface area contributed by atoms with Crippen molar-refractivity contribution in [3.63, 3.8) is 0 Å². The molecule has 0 fully saturated rings. The van der Waals surface area contributed by atoms with Gasteiger partial charge in [-0.1, -0.05) is 39.7 Å². The fraction of sp³-hybridized carbons (Fsp3) is 0.111. The molecule has 174 valence electrons. The van der Waals surface area contributed by atoms with Crippen molar-refractivity contribution < 1.29 is 14.6 Å². The van der Waals surface area contributed by atoms with Gasteiger partial charge in [0, 0.05) is 27.9 Å². The lowest BCUT2D eigenvalue weighted by Crippen LogP contribution is -1.99. The molecule has 0 aliphatic heterocycles. The van der Waals surface area contributed by atoms with Crippen LogP contribution >= 0.6 is 15.9 Å². The molecule has 5 rings (SSSR count). The number of amides is 1. The van der Waals surface area contributed by atoms with Crippen molar-refractivity contribution in [3.8, 4) is 22.9 Å². The summed E-state index contributed by atoms with van der Waals surface area (Å²) < 4.78 is 7.92. The van der Waals surface area contributed by atoms with Crippen LogP contribution in [0, 0.1) is 6.92 Å². The van der Waals surface area contributed by atoms with Crippen LogP contribution in [0.5, 0.6) is 11.6 Å². The second kappa shape index (κ2) is 8.96. The Balaban J connectivity index is 1.64. The zero-order chi connectivity index (χ0) is 24.7. The van der Waals surface area contributed by atoms with Gasteiger partial charge in [-0.25, -0.2) is 4.98 Å². The number of fused-ring (bicyclic) bond motifs is 2. The molecule has 0 radical (unpaired) electrons. The molecule has 0 saturated carbocycles. The number of aromatic hydroxyl groups is 1. The van der Waals surface area contributed by atoms with E-state index in [0.717, 1.165) is 26.5 Å².